The van der Waals surface area contributed by atoms with E-state index in [9.17, 15) is 32.7 Å². The Morgan fingerprint density at radius 2 is 1.87 bits per heavy atom. The molecule has 1 aliphatic heterocycles. The molecule has 0 bridgehead atoms. The van der Waals surface area contributed by atoms with Crippen molar-refractivity contribution in [3.8, 4) is 0 Å². The molecular formula is C22H26F3N5O8. The number of carbonyl (C=O) groups is 4. The molecule has 1 aliphatic rings. The fourth-order valence-electron chi connectivity index (χ4n) is 2.66. The molecule has 0 radical (unpaired) electrons. The summed E-state index contributed by atoms with van der Waals surface area (Å²) in [6.07, 6.45) is -4.12. The predicted octanol–water partition coefficient (Wildman–Crippen LogP) is 1.36. The largest absolute Gasteiger partial charge is 0.490 e. The van der Waals surface area contributed by atoms with Crippen LogP contribution in [0.4, 0.5) is 18.0 Å². The van der Waals surface area contributed by atoms with Gasteiger partial charge in [0.25, 0.3) is 0 Å². The maximum absolute atomic E-state index is 12.2. The number of nitrogens with one attached hydrogen (secondary N) is 3. The van der Waals surface area contributed by atoms with Crippen LogP contribution in [0.25, 0.3) is 0 Å². The molecule has 2 rings (SSSR count). The van der Waals surface area contributed by atoms with Gasteiger partial charge in [-0.1, -0.05) is 35.5 Å². The van der Waals surface area contributed by atoms with Gasteiger partial charge >= 0.3 is 24.2 Å². The van der Waals surface area contributed by atoms with Gasteiger partial charge in [-0.25, -0.2) is 14.4 Å². The molecule has 0 saturated heterocycles. The Morgan fingerprint density at radius 3 is 2.37 bits per heavy atom. The van der Waals surface area contributed by atoms with E-state index in [0.717, 1.165) is 5.56 Å². The van der Waals surface area contributed by atoms with E-state index in [1.165, 1.54) is 0 Å². The molecule has 1 aromatic carbocycles. The number of aliphatic carboxylic acids is 2. The zero-order valence-corrected chi connectivity index (χ0v) is 19.8. The van der Waals surface area contributed by atoms with Crippen LogP contribution in [0.3, 0.4) is 0 Å². The molecule has 0 aliphatic carbocycles. The van der Waals surface area contributed by atoms with E-state index in [0.29, 0.717) is 24.1 Å². The quantitative estimate of drug-likeness (QED) is 0.102. The molecule has 1 heterocycles. The van der Waals surface area contributed by atoms with Gasteiger partial charge in [0.2, 0.25) is 5.91 Å². The maximum Gasteiger partial charge on any atom is 0.490 e. The number of carbonyl (C=O) groups excluding carboxylic acids is 2. The van der Waals surface area contributed by atoms with Gasteiger partial charge in [-0.15, -0.1) is 6.58 Å². The van der Waals surface area contributed by atoms with Gasteiger partial charge in [0.15, 0.2) is 0 Å². The highest BCUT2D eigenvalue weighted by molar-refractivity contribution is 6.02. The van der Waals surface area contributed by atoms with Crippen molar-refractivity contribution in [3.05, 3.63) is 48.0 Å². The molecule has 0 aromatic heterocycles. The van der Waals surface area contributed by atoms with Crippen LogP contribution >= 0.6 is 0 Å². The number of nitrogen functional groups attached to an aromatic ring is 1. The molecule has 1 unspecified atom stereocenters. The van der Waals surface area contributed by atoms with Gasteiger partial charge in [-0.3, -0.25) is 10.2 Å². The number of carboxylic acid groups (broad SMARTS) is 2. The van der Waals surface area contributed by atoms with Crippen molar-refractivity contribution >= 4 is 35.5 Å². The average molecular weight is 545 g/mol. The lowest BCUT2D eigenvalue weighted by Crippen LogP contribution is -2.48. The number of alkyl carbamates (subject to hydrolysis) is 1. The standard InChI is InChI=1S/C20H25N5O6.C2HF3O2/c1-2-3-8-30-20(29)24-16(19(27)28)11-23-17(26)10-14-9-15(25-31-14)12-4-6-13(7-5-12)18(21)22;3-2(4,5)1(6)7/h2,4-7,14,16H,1,3,8-11H2,(H3,21,22)(H,23,26)(H,24,29)(H,27,28);(H,6,7)/t14?,16-;/m0./s1. The second kappa shape index (κ2) is 14.8. The van der Waals surface area contributed by atoms with E-state index in [4.69, 9.17) is 30.6 Å². The molecule has 2 atom stereocenters. The zero-order valence-electron chi connectivity index (χ0n) is 19.8. The number of ether oxygens (including phenoxy) is 1. The van der Waals surface area contributed by atoms with Crippen molar-refractivity contribution in [2.24, 2.45) is 10.9 Å². The molecule has 38 heavy (non-hydrogen) atoms. The fourth-order valence-corrected chi connectivity index (χ4v) is 2.66. The third-order valence-electron chi connectivity index (χ3n) is 4.57. The minimum Gasteiger partial charge on any atom is -0.480 e. The predicted molar refractivity (Wildman–Crippen MR) is 126 cm³/mol. The number of carboxylic acids is 2. The Balaban J connectivity index is 0.000000905. The summed E-state index contributed by atoms with van der Waals surface area (Å²) in [6, 6.07) is 5.58. The molecule has 2 amide bonds. The lowest BCUT2D eigenvalue weighted by atomic mass is 10.0. The van der Waals surface area contributed by atoms with Crippen molar-refractivity contribution in [3.63, 3.8) is 0 Å². The summed E-state index contributed by atoms with van der Waals surface area (Å²) in [5, 5.41) is 32.4. The smallest absolute Gasteiger partial charge is 0.480 e. The Kier molecular flexibility index (Phi) is 12.2. The van der Waals surface area contributed by atoms with E-state index in [1.54, 1.807) is 30.3 Å². The molecule has 13 nitrogen and oxygen atoms in total. The SMILES string of the molecule is C=CCCOC(=O)N[C@@H](CNC(=O)CC1CC(c2ccc(C(=N)N)cc2)=NO1)C(=O)O.O=C(O)C(F)(F)F. The lowest BCUT2D eigenvalue weighted by molar-refractivity contribution is -0.192. The summed E-state index contributed by atoms with van der Waals surface area (Å²) in [4.78, 5) is 49.2. The third-order valence-corrected chi connectivity index (χ3v) is 4.57. The highest BCUT2D eigenvalue weighted by Gasteiger charge is 2.38. The van der Waals surface area contributed by atoms with Crippen molar-refractivity contribution in [2.75, 3.05) is 13.2 Å². The van der Waals surface area contributed by atoms with Gasteiger partial charge in [0, 0.05) is 18.5 Å². The van der Waals surface area contributed by atoms with Crippen LogP contribution < -0.4 is 16.4 Å². The Morgan fingerprint density at radius 1 is 1.26 bits per heavy atom. The van der Waals surface area contributed by atoms with Gasteiger partial charge in [0.05, 0.1) is 18.7 Å². The normalized spacial score (nSPS) is 14.9. The highest BCUT2D eigenvalue weighted by atomic mass is 19.4. The summed E-state index contributed by atoms with van der Waals surface area (Å²) in [6.45, 7) is 3.25. The Labute approximate surface area is 214 Å². The number of rotatable bonds is 11. The number of nitrogens with zero attached hydrogens (tertiary/aromatic N) is 1. The number of hydrogen-bond donors (Lipinski definition) is 6. The van der Waals surface area contributed by atoms with Crippen LogP contribution in [-0.4, -0.2) is 77.2 Å². The summed E-state index contributed by atoms with van der Waals surface area (Å²) in [5.41, 5.74) is 7.46. The second-order valence-electron chi connectivity index (χ2n) is 7.52. The molecule has 0 fully saturated rings. The Bertz CT molecular complexity index is 1060. The van der Waals surface area contributed by atoms with E-state index in [1.807, 2.05) is 0 Å². The maximum atomic E-state index is 12.2. The number of amidine groups is 1. The molecule has 7 N–H and O–H groups in total. The average Bonchev–Trinajstić information content (AvgIpc) is 3.30. The van der Waals surface area contributed by atoms with E-state index < -0.39 is 42.3 Å². The second-order valence-corrected chi connectivity index (χ2v) is 7.52. The van der Waals surface area contributed by atoms with Gasteiger partial charge in [0.1, 0.15) is 18.0 Å². The van der Waals surface area contributed by atoms with Crippen LogP contribution in [0.1, 0.15) is 30.4 Å². The number of nitrogens with two attached hydrogens (primary N) is 1. The van der Waals surface area contributed by atoms with Crippen molar-refractivity contribution in [1.82, 2.24) is 10.6 Å². The number of halogens is 3. The number of oxime groups is 1. The summed E-state index contributed by atoms with van der Waals surface area (Å²) < 4.78 is 36.5. The topological polar surface area (TPSA) is 213 Å². The first-order valence-corrected chi connectivity index (χ1v) is 10.8. The first kappa shape index (κ1) is 31.4. The van der Waals surface area contributed by atoms with Crippen molar-refractivity contribution in [1.29, 1.82) is 5.41 Å². The molecule has 0 saturated carbocycles. The molecule has 0 spiro atoms. The van der Waals surface area contributed by atoms with Crippen molar-refractivity contribution in [2.45, 2.75) is 37.6 Å². The van der Waals surface area contributed by atoms with Crippen LogP contribution in [0.15, 0.2) is 42.1 Å². The molecule has 1 aromatic rings. The van der Waals surface area contributed by atoms with Crippen LogP contribution in [0.2, 0.25) is 0 Å². The van der Waals surface area contributed by atoms with Crippen LogP contribution in [0, 0.1) is 5.41 Å². The minimum atomic E-state index is -5.08. The van der Waals surface area contributed by atoms with E-state index in [2.05, 4.69) is 22.4 Å². The van der Waals surface area contributed by atoms with Gasteiger partial charge in [-0.2, -0.15) is 13.2 Å². The number of amides is 2. The van der Waals surface area contributed by atoms with Gasteiger partial charge < -0.3 is 36.2 Å². The minimum absolute atomic E-state index is 0.0331. The molecule has 16 heteroatoms. The number of benzene rings is 1. The van der Waals surface area contributed by atoms with Crippen LogP contribution in [0.5, 0.6) is 0 Å². The number of alkyl halides is 3. The first-order chi connectivity index (χ1) is 17.7. The Hall–Kier alpha value is -4.63. The third kappa shape index (κ3) is 11.4. The fraction of sp³-hybridized carbons (Fsp3) is 0.364. The summed E-state index contributed by atoms with van der Waals surface area (Å²) >= 11 is 0. The molecule has 208 valence electrons. The van der Waals surface area contributed by atoms with E-state index in [-0.39, 0.29) is 25.4 Å². The van der Waals surface area contributed by atoms with E-state index >= 15 is 0 Å². The lowest BCUT2D eigenvalue weighted by Gasteiger charge is -2.16. The number of hydrogen-bond acceptors (Lipinski definition) is 8. The molecular weight excluding hydrogens is 519 g/mol. The summed E-state index contributed by atoms with van der Waals surface area (Å²) in [5.74, 6) is -4.54. The monoisotopic (exact) mass is 545 g/mol. The first-order valence-electron chi connectivity index (χ1n) is 10.8. The van der Waals surface area contributed by atoms with Crippen molar-refractivity contribution < 1.29 is 52.1 Å². The summed E-state index contributed by atoms with van der Waals surface area (Å²) in [7, 11) is 0. The van der Waals surface area contributed by atoms with Gasteiger partial charge in [-0.05, 0) is 12.0 Å². The zero-order chi connectivity index (χ0) is 28.9. The van der Waals surface area contributed by atoms with Crippen LogP contribution in [-0.2, 0) is 24.0 Å². The highest BCUT2D eigenvalue weighted by Crippen LogP contribution is 2.19.